The lowest BCUT2D eigenvalue weighted by Crippen LogP contribution is -2.18. The molecule has 294 valence electrons. The summed E-state index contributed by atoms with van der Waals surface area (Å²) < 4.78 is 11.8. The number of ether oxygens (including phenoxy) is 2. The highest BCUT2D eigenvalue weighted by molar-refractivity contribution is 6.00. The third-order valence-corrected chi connectivity index (χ3v) is 8.99. The van der Waals surface area contributed by atoms with E-state index in [4.69, 9.17) is 19.8 Å². The van der Waals surface area contributed by atoms with Crippen LogP contribution in [-0.4, -0.2) is 66.6 Å². The number of hydrazone groups is 1. The summed E-state index contributed by atoms with van der Waals surface area (Å²) in [6.45, 7) is 4.85. The molecular formula is C45H52N4O7. The van der Waals surface area contributed by atoms with Crippen LogP contribution in [0.1, 0.15) is 112 Å². The van der Waals surface area contributed by atoms with Crippen molar-refractivity contribution in [1.82, 2.24) is 10.9 Å². The lowest BCUT2D eigenvalue weighted by molar-refractivity contribution is 0.0706. The fourth-order valence-corrected chi connectivity index (χ4v) is 5.69. The summed E-state index contributed by atoms with van der Waals surface area (Å²) in [6.07, 6.45) is 15.2. The van der Waals surface area contributed by atoms with Crippen LogP contribution >= 0.6 is 0 Å². The minimum absolute atomic E-state index is 0.00752. The molecule has 4 N–H and O–H groups in total. The Labute approximate surface area is 329 Å². The number of aliphatic hydroxyl groups is 1. The lowest BCUT2D eigenvalue weighted by Gasteiger charge is -2.07. The van der Waals surface area contributed by atoms with Crippen molar-refractivity contribution in [1.29, 1.82) is 0 Å². The first-order chi connectivity index (χ1) is 27.4. The Kier molecular flexibility index (Phi) is 18.7. The van der Waals surface area contributed by atoms with Crippen LogP contribution in [0.3, 0.4) is 0 Å². The van der Waals surface area contributed by atoms with Gasteiger partial charge < -0.3 is 14.6 Å². The maximum absolute atomic E-state index is 12.4. The maximum atomic E-state index is 12.4. The van der Waals surface area contributed by atoms with Crippen molar-refractivity contribution in [3.8, 4) is 11.5 Å². The topological polar surface area (TPSA) is 159 Å². The first-order valence-corrected chi connectivity index (χ1v) is 19.1. The van der Waals surface area contributed by atoms with E-state index < -0.39 is 12.5 Å². The number of rotatable bonds is 26. The second-order valence-corrected chi connectivity index (χ2v) is 13.3. The third kappa shape index (κ3) is 15.4. The molecule has 0 aliphatic heterocycles. The van der Waals surface area contributed by atoms with E-state index in [2.05, 4.69) is 22.1 Å². The van der Waals surface area contributed by atoms with Gasteiger partial charge in [-0.05, 0) is 90.2 Å². The average Bonchev–Trinajstić information content (AvgIpc) is 3.24. The van der Waals surface area contributed by atoms with Crippen LogP contribution in [-0.2, 0) is 0 Å². The van der Waals surface area contributed by atoms with Gasteiger partial charge in [0.25, 0.3) is 5.91 Å². The smallest absolute Gasteiger partial charge is 0.274 e. The standard InChI is InChI=1S/C45H52N4O7/c1-34(37-16-18-39(19-17-37)44(52)33-50)48-47-31-36-14-26-42(27-15-36)56-29-11-9-7-5-3-2-4-6-8-10-28-55-41-24-12-35(13-25-41)30-46-32-43(51)38-20-22-40(23-21-38)45(53)49-54/h12-27,30-31,48,50,54H,1-11,28-29,32-33H2,(H,49,53)/b46-30?,47-31+. The Balaban J connectivity index is 0.946. The van der Waals surface area contributed by atoms with Crippen LogP contribution in [0.25, 0.3) is 5.70 Å². The van der Waals surface area contributed by atoms with Crippen LogP contribution in [0.4, 0.5) is 0 Å². The van der Waals surface area contributed by atoms with Crippen LogP contribution in [0.2, 0.25) is 0 Å². The van der Waals surface area contributed by atoms with Crippen molar-refractivity contribution in [2.24, 2.45) is 10.1 Å². The van der Waals surface area contributed by atoms with Crippen LogP contribution in [0.15, 0.2) is 114 Å². The van der Waals surface area contributed by atoms with E-state index in [0.717, 1.165) is 53.9 Å². The number of hydrogen-bond donors (Lipinski definition) is 4. The van der Waals surface area contributed by atoms with E-state index in [-0.39, 0.29) is 23.7 Å². The fourth-order valence-electron chi connectivity index (χ4n) is 5.69. The number of aliphatic imine (C=N–C) groups is 1. The van der Waals surface area contributed by atoms with Crippen molar-refractivity contribution in [3.05, 3.63) is 137 Å². The number of amides is 1. The molecule has 0 aliphatic carbocycles. The summed E-state index contributed by atoms with van der Waals surface area (Å²) in [5, 5.41) is 21.9. The van der Waals surface area contributed by atoms with Crippen molar-refractivity contribution in [3.63, 3.8) is 0 Å². The molecule has 0 unspecified atom stereocenters. The second-order valence-electron chi connectivity index (χ2n) is 13.3. The van der Waals surface area contributed by atoms with Crippen molar-refractivity contribution >= 4 is 35.6 Å². The lowest BCUT2D eigenvalue weighted by atomic mass is 10.1. The van der Waals surface area contributed by atoms with Gasteiger partial charge in [-0.2, -0.15) is 5.10 Å². The maximum Gasteiger partial charge on any atom is 0.274 e. The summed E-state index contributed by atoms with van der Waals surface area (Å²) in [4.78, 5) is 39.6. The molecular weight excluding hydrogens is 709 g/mol. The largest absolute Gasteiger partial charge is 0.494 e. The molecule has 4 aromatic carbocycles. The van der Waals surface area contributed by atoms with E-state index in [1.54, 1.807) is 42.2 Å². The number of carbonyl (C=O) groups excluding carboxylic acids is 3. The van der Waals surface area contributed by atoms with E-state index >= 15 is 0 Å². The zero-order chi connectivity index (χ0) is 39.8. The van der Waals surface area contributed by atoms with Gasteiger partial charge in [-0.1, -0.05) is 94.3 Å². The van der Waals surface area contributed by atoms with Gasteiger partial charge in [-0.15, -0.1) is 0 Å². The number of nitrogens with one attached hydrogen (secondary N) is 2. The Morgan fingerprint density at radius 2 is 1.00 bits per heavy atom. The van der Waals surface area contributed by atoms with Crippen LogP contribution in [0.5, 0.6) is 11.5 Å². The first-order valence-electron chi connectivity index (χ1n) is 19.1. The SMILES string of the molecule is C=C(N/N=C/c1ccc(OCCCCCCCCCCCCOc2ccc(C=NCC(=O)c3ccc(C(=O)NO)cc3)cc2)cc1)c1ccc(C(=O)CO)cc1. The van der Waals surface area contributed by atoms with Crippen molar-refractivity contribution in [2.75, 3.05) is 26.4 Å². The highest BCUT2D eigenvalue weighted by Crippen LogP contribution is 2.16. The molecule has 0 aliphatic rings. The number of benzene rings is 4. The Morgan fingerprint density at radius 3 is 1.48 bits per heavy atom. The summed E-state index contributed by atoms with van der Waals surface area (Å²) in [5.41, 5.74) is 8.83. The minimum Gasteiger partial charge on any atom is -0.494 e. The van der Waals surface area contributed by atoms with Gasteiger partial charge in [0.1, 0.15) is 24.7 Å². The Hall–Kier alpha value is -5.91. The van der Waals surface area contributed by atoms with Crippen LogP contribution in [0, 0.1) is 0 Å². The molecule has 4 aromatic rings. The highest BCUT2D eigenvalue weighted by atomic mass is 16.5. The number of nitrogens with zero attached hydrogens (tertiary/aromatic N) is 2. The highest BCUT2D eigenvalue weighted by Gasteiger charge is 2.08. The van der Waals surface area contributed by atoms with Gasteiger partial charge in [0.2, 0.25) is 0 Å². The van der Waals surface area contributed by atoms with Gasteiger partial charge in [0.05, 0.1) is 25.1 Å². The number of unbranched alkanes of at least 4 members (excludes halogenated alkanes) is 9. The molecule has 0 bridgehead atoms. The van der Waals surface area contributed by atoms with Crippen LogP contribution < -0.4 is 20.4 Å². The number of ketones is 2. The predicted molar refractivity (Wildman–Crippen MR) is 220 cm³/mol. The van der Waals surface area contributed by atoms with Gasteiger partial charge in [0, 0.05) is 22.9 Å². The molecule has 0 radical (unpaired) electrons. The molecule has 11 heteroatoms. The van der Waals surface area contributed by atoms with Gasteiger partial charge in [-0.25, -0.2) is 5.48 Å². The van der Waals surface area contributed by atoms with E-state index in [1.165, 1.54) is 62.8 Å². The Morgan fingerprint density at radius 1 is 0.571 bits per heavy atom. The van der Waals surface area contributed by atoms with E-state index in [0.29, 0.717) is 30.0 Å². The number of hydroxylamine groups is 1. The van der Waals surface area contributed by atoms with Gasteiger partial charge in [-0.3, -0.25) is 30.0 Å². The molecule has 56 heavy (non-hydrogen) atoms. The Bertz CT molecular complexity index is 1730. The number of Topliss-reactive ketones (excluding diaryl/α,β-unsaturated/α-hetero) is 2. The first kappa shape index (κ1) is 42.8. The van der Waals surface area contributed by atoms with Gasteiger partial charge in [0.15, 0.2) is 11.6 Å². The number of aliphatic hydroxyl groups excluding tert-OH is 1. The molecule has 1 amide bonds. The monoisotopic (exact) mass is 760 g/mol. The molecule has 0 saturated heterocycles. The normalized spacial score (nSPS) is 11.1. The summed E-state index contributed by atoms with van der Waals surface area (Å²) in [6, 6.07) is 28.3. The molecule has 0 heterocycles. The number of hydrogen-bond acceptors (Lipinski definition) is 10. The summed E-state index contributed by atoms with van der Waals surface area (Å²) in [5.74, 6) is 0.533. The molecule has 0 aromatic heterocycles. The van der Waals surface area contributed by atoms with Gasteiger partial charge >= 0.3 is 0 Å². The quantitative estimate of drug-likeness (QED) is 0.0164. The minimum atomic E-state index is -0.631. The zero-order valence-corrected chi connectivity index (χ0v) is 31.8. The predicted octanol–water partition coefficient (Wildman–Crippen LogP) is 8.24. The number of carbonyl (C=O) groups is 3. The van der Waals surface area contributed by atoms with E-state index in [9.17, 15) is 14.4 Å². The molecule has 0 fully saturated rings. The van der Waals surface area contributed by atoms with Crippen molar-refractivity contribution < 1.29 is 34.2 Å². The zero-order valence-electron chi connectivity index (χ0n) is 31.8. The summed E-state index contributed by atoms with van der Waals surface area (Å²) in [7, 11) is 0. The molecule has 0 atom stereocenters. The summed E-state index contributed by atoms with van der Waals surface area (Å²) >= 11 is 0. The molecule has 4 rings (SSSR count). The third-order valence-electron chi connectivity index (χ3n) is 8.99. The molecule has 0 saturated carbocycles. The molecule has 0 spiro atoms. The second kappa shape index (κ2) is 24.5. The van der Waals surface area contributed by atoms with Crippen molar-refractivity contribution in [2.45, 2.75) is 64.2 Å². The fraction of sp³-hybridized carbons (Fsp3) is 0.311. The molecule has 11 nitrogen and oxygen atoms in total. The average molecular weight is 761 g/mol. The van der Waals surface area contributed by atoms with E-state index in [1.807, 2.05) is 48.5 Å².